The summed E-state index contributed by atoms with van der Waals surface area (Å²) in [6.07, 6.45) is 0.275. The normalized spacial score (nSPS) is 12.8. The lowest BCUT2D eigenvalue weighted by Gasteiger charge is -2.23. The molecule has 0 aliphatic heterocycles. The fourth-order valence-electron chi connectivity index (χ4n) is 2.70. The van der Waals surface area contributed by atoms with Crippen LogP contribution in [0.2, 0.25) is 0 Å². The molecule has 0 aliphatic carbocycles. The van der Waals surface area contributed by atoms with Crippen molar-refractivity contribution in [1.82, 2.24) is 10.6 Å². The Morgan fingerprint density at radius 2 is 1.86 bits per heavy atom. The molecule has 0 saturated heterocycles. The highest BCUT2D eigenvalue weighted by Gasteiger charge is 2.27. The second kappa shape index (κ2) is 10.2. The van der Waals surface area contributed by atoms with E-state index in [-0.39, 0.29) is 23.9 Å². The van der Waals surface area contributed by atoms with Crippen LogP contribution in [0, 0.1) is 16.0 Å². The van der Waals surface area contributed by atoms with Gasteiger partial charge in [0.1, 0.15) is 17.8 Å². The third kappa shape index (κ3) is 6.86. The number of primary amides is 1. The molecule has 0 aliphatic rings. The highest BCUT2D eigenvalue weighted by Crippen LogP contribution is 2.25. The van der Waals surface area contributed by atoms with Gasteiger partial charge < -0.3 is 21.1 Å². The smallest absolute Gasteiger partial charge is 0.269 e. The van der Waals surface area contributed by atoms with Crippen LogP contribution >= 0.6 is 0 Å². The van der Waals surface area contributed by atoms with E-state index in [0.29, 0.717) is 17.7 Å². The number of hydrogen-bond donors (Lipinski definition) is 3. The maximum absolute atomic E-state index is 12.6. The average Bonchev–Trinajstić information content (AvgIpc) is 2.59. The standard InChI is InChI=1S/C18H26N4O6/c1-10(2)7-15(20-11(3)23)18(25)21-14(17(19)24)9-12-8-13(22(26)27)5-6-16(12)28-4/h5-6,8,10,14-15H,7,9H2,1-4H3,(H2,19,24)(H,20,23)(H,21,25)/t14-,15+/m1/s1. The molecule has 10 heteroatoms. The number of nitro benzene ring substituents is 1. The number of amides is 3. The first-order valence-electron chi connectivity index (χ1n) is 8.73. The van der Waals surface area contributed by atoms with Crippen LogP contribution in [0.3, 0.4) is 0 Å². The van der Waals surface area contributed by atoms with Gasteiger partial charge in [-0.25, -0.2) is 0 Å². The number of nitrogens with one attached hydrogen (secondary N) is 2. The van der Waals surface area contributed by atoms with Crippen molar-refractivity contribution in [2.45, 2.75) is 45.7 Å². The van der Waals surface area contributed by atoms with Gasteiger partial charge in [0.15, 0.2) is 0 Å². The number of methoxy groups -OCH3 is 1. The van der Waals surface area contributed by atoms with E-state index in [0.717, 1.165) is 0 Å². The topological polar surface area (TPSA) is 154 Å². The molecule has 1 aromatic carbocycles. The van der Waals surface area contributed by atoms with Gasteiger partial charge in [0, 0.05) is 31.0 Å². The van der Waals surface area contributed by atoms with Crippen molar-refractivity contribution in [3.8, 4) is 5.75 Å². The van der Waals surface area contributed by atoms with Crippen LogP contribution < -0.4 is 21.1 Å². The van der Waals surface area contributed by atoms with Crippen LogP contribution in [0.1, 0.15) is 32.8 Å². The molecule has 4 N–H and O–H groups in total. The molecule has 154 valence electrons. The molecule has 3 amide bonds. The molecule has 10 nitrogen and oxygen atoms in total. The van der Waals surface area contributed by atoms with Crippen LogP contribution in [-0.2, 0) is 20.8 Å². The van der Waals surface area contributed by atoms with Gasteiger partial charge in [-0.2, -0.15) is 0 Å². The van der Waals surface area contributed by atoms with Crippen molar-refractivity contribution < 1.29 is 24.0 Å². The fraction of sp³-hybridized carbons (Fsp3) is 0.500. The zero-order chi connectivity index (χ0) is 21.4. The van der Waals surface area contributed by atoms with E-state index in [2.05, 4.69) is 10.6 Å². The zero-order valence-electron chi connectivity index (χ0n) is 16.4. The number of nitrogens with two attached hydrogens (primary N) is 1. The Balaban J connectivity index is 3.06. The predicted octanol–water partition coefficient (Wildman–Crippen LogP) is 0.667. The molecule has 28 heavy (non-hydrogen) atoms. The molecule has 0 unspecified atom stereocenters. The Hall–Kier alpha value is -3.17. The van der Waals surface area contributed by atoms with Crippen LogP contribution in [0.5, 0.6) is 5.75 Å². The Morgan fingerprint density at radius 3 is 2.32 bits per heavy atom. The summed E-state index contributed by atoms with van der Waals surface area (Å²) in [5.41, 5.74) is 5.58. The van der Waals surface area contributed by atoms with Gasteiger partial charge in [-0.05, 0) is 18.4 Å². The highest BCUT2D eigenvalue weighted by molar-refractivity contribution is 5.91. The van der Waals surface area contributed by atoms with Crippen molar-refractivity contribution in [3.05, 3.63) is 33.9 Å². The summed E-state index contributed by atoms with van der Waals surface area (Å²) in [6, 6.07) is 1.99. The Bertz CT molecular complexity index is 750. The highest BCUT2D eigenvalue weighted by atomic mass is 16.6. The molecule has 0 radical (unpaired) electrons. The number of ether oxygens (including phenoxy) is 1. The number of carbonyl (C=O) groups excluding carboxylic acids is 3. The van der Waals surface area contributed by atoms with Crippen LogP contribution in [0.4, 0.5) is 5.69 Å². The Labute approximate surface area is 163 Å². The average molecular weight is 394 g/mol. The summed E-state index contributed by atoms with van der Waals surface area (Å²) in [5, 5.41) is 16.1. The van der Waals surface area contributed by atoms with Crippen molar-refractivity contribution in [2.75, 3.05) is 7.11 Å². The first-order chi connectivity index (χ1) is 13.0. The second-order valence-corrected chi connectivity index (χ2v) is 6.80. The molecule has 1 aromatic rings. The van der Waals surface area contributed by atoms with Crippen molar-refractivity contribution in [2.24, 2.45) is 11.7 Å². The molecular formula is C18H26N4O6. The summed E-state index contributed by atoms with van der Waals surface area (Å²) in [4.78, 5) is 46.3. The SMILES string of the molecule is COc1ccc([N+](=O)[O-])cc1C[C@@H](NC(=O)[C@H](CC(C)C)NC(C)=O)C(N)=O. The molecule has 1 rings (SSSR count). The van der Waals surface area contributed by atoms with Crippen LogP contribution in [0.25, 0.3) is 0 Å². The van der Waals surface area contributed by atoms with Crippen molar-refractivity contribution in [1.29, 1.82) is 0 Å². The monoisotopic (exact) mass is 394 g/mol. The van der Waals surface area contributed by atoms with E-state index in [1.54, 1.807) is 0 Å². The van der Waals surface area contributed by atoms with Crippen molar-refractivity contribution >= 4 is 23.4 Å². The van der Waals surface area contributed by atoms with Gasteiger partial charge in [-0.1, -0.05) is 13.8 Å². The van der Waals surface area contributed by atoms with Gasteiger partial charge >= 0.3 is 0 Å². The summed E-state index contributed by atoms with van der Waals surface area (Å²) < 4.78 is 5.17. The molecule has 0 fully saturated rings. The minimum atomic E-state index is -1.13. The molecule has 2 atom stereocenters. The first-order valence-corrected chi connectivity index (χ1v) is 8.73. The van der Waals surface area contributed by atoms with Gasteiger partial charge in [0.25, 0.3) is 5.69 Å². The van der Waals surface area contributed by atoms with Gasteiger partial charge in [-0.3, -0.25) is 24.5 Å². The van der Waals surface area contributed by atoms with E-state index in [9.17, 15) is 24.5 Å². The summed E-state index contributed by atoms with van der Waals surface area (Å²) in [7, 11) is 1.39. The quantitative estimate of drug-likeness (QED) is 0.391. The summed E-state index contributed by atoms with van der Waals surface area (Å²) >= 11 is 0. The zero-order valence-corrected chi connectivity index (χ0v) is 16.4. The van der Waals surface area contributed by atoms with E-state index >= 15 is 0 Å². The summed E-state index contributed by atoms with van der Waals surface area (Å²) in [6.45, 7) is 5.07. The second-order valence-electron chi connectivity index (χ2n) is 6.80. The van der Waals surface area contributed by atoms with Crippen molar-refractivity contribution in [3.63, 3.8) is 0 Å². The van der Waals surface area contributed by atoms with E-state index in [1.807, 2.05) is 13.8 Å². The number of hydrogen-bond acceptors (Lipinski definition) is 6. The third-order valence-corrected chi connectivity index (χ3v) is 3.96. The van der Waals surface area contributed by atoms with Crippen LogP contribution in [0.15, 0.2) is 18.2 Å². The molecular weight excluding hydrogens is 368 g/mol. The van der Waals surface area contributed by atoms with E-state index < -0.39 is 28.8 Å². The van der Waals surface area contributed by atoms with E-state index in [1.165, 1.54) is 32.2 Å². The first kappa shape index (κ1) is 22.9. The minimum absolute atomic E-state index is 0.0968. The van der Waals surface area contributed by atoms with Gasteiger partial charge in [0.2, 0.25) is 17.7 Å². The number of benzene rings is 1. The third-order valence-electron chi connectivity index (χ3n) is 3.96. The molecule has 0 bridgehead atoms. The Morgan fingerprint density at radius 1 is 1.21 bits per heavy atom. The van der Waals surface area contributed by atoms with E-state index in [4.69, 9.17) is 10.5 Å². The number of nitro groups is 1. The largest absolute Gasteiger partial charge is 0.496 e. The van der Waals surface area contributed by atoms with Gasteiger partial charge in [0.05, 0.1) is 12.0 Å². The maximum atomic E-state index is 12.6. The lowest BCUT2D eigenvalue weighted by molar-refractivity contribution is -0.384. The number of rotatable bonds is 10. The number of non-ortho nitro benzene ring substituents is 1. The lowest BCUT2D eigenvalue weighted by atomic mass is 10.0. The molecule has 0 spiro atoms. The fourth-order valence-corrected chi connectivity index (χ4v) is 2.70. The molecule has 0 heterocycles. The van der Waals surface area contributed by atoms with Crippen LogP contribution in [-0.4, -0.2) is 41.8 Å². The number of carbonyl (C=O) groups is 3. The minimum Gasteiger partial charge on any atom is -0.496 e. The molecule has 0 aromatic heterocycles. The van der Waals surface area contributed by atoms with Gasteiger partial charge in [-0.15, -0.1) is 0 Å². The maximum Gasteiger partial charge on any atom is 0.269 e. The molecule has 0 saturated carbocycles. The predicted molar refractivity (Wildman–Crippen MR) is 102 cm³/mol. The Kier molecular flexibility index (Phi) is 8.36. The lowest BCUT2D eigenvalue weighted by Crippen LogP contribution is -2.53. The summed E-state index contributed by atoms with van der Waals surface area (Å²) in [5.74, 6) is -1.31. The number of nitrogens with zero attached hydrogens (tertiary/aromatic N) is 1.